The summed E-state index contributed by atoms with van der Waals surface area (Å²) in [7, 11) is 1.62. The molecule has 66 valence electrons. The molecule has 1 rings (SSSR count). The maximum atomic E-state index is 10.3. The largest absolute Gasteiger partial charge is 0.372 e. The van der Waals surface area contributed by atoms with Gasteiger partial charge >= 0.3 is 0 Å². The number of carbonyl (C=O) groups excluding carboxylic acids is 1. The first-order valence-electron chi connectivity index (χ1n) is 3.56. The Bertz CT molecular complexity index is 280. The van der Waals surface area contributed by atoms with Crippen LogP contribution in [-0.2, 0) is 10.3 Å². The molecule has 0 unspecified atom stereocenters. The number of methoxy groups -OCH3 is 1. The third kappa shape index (κ3) is 1.70. The van der Waals surface area contributed by atoms with Gasteiger partial charge in [-0.05, 0) is 13.8 Å². The Balaban J connectivity index is 2.95. The van der Waals surface area contributed by atoms with Gasteiger partial charge in [-0.2, -0.15) is 0 Å². The highest BCUT2D eigenvalue weighted by molar-refractivity contribution is 7.11. The van der Waals surface area contributed by atoms with Gasteiger partial charge in [-0.1, -0.05) is 0 Å². The number of nitrogens with zero attached hydrogens (tertiary/aromatic N) is 1. The van der Waals surface area contributed by atoms with E-state index in [1.807, 2.05) is 19.2 Å². The predicted molar refractivity (Wildman–Crippen MR) is 47.5 cm³/mol. The van der Waals surface area contributed by atoms with Crippen molar-refractivity contribution in [1.29, 1.82) is 0 Å². The SMILES string of the molecule is COC(C)(C)c1csc(C=O)n1. The lowest BCUT2D eigenvalue weighted by Crippen LogP contribution is -2.19. The molecule has 3 nitrogen and oxygen atoms in total. The van der Waals surface area contributed by atoms with Gasteiger partial charge in [0.15, 0.2) is 11.3 Å². The molecule has 0 saturated carbocycles. The molecule has 0 amide bonds. The van der Waals surface area contributed by atoms with Gasteiger partial charge in [0.05, 0.1) is 5.69 Å². The predicted octanol–water partition coefficient (Wildman–Crippen LogP) is 1.84. The zero-order chi connectivity index (χ0) is 9.19. The van der Waals surface area contributed by atoms with Crippen LogP contribution in [0.3, 0.4) is 0 Å². The van der Waals surface area contributed by atoms with Crippen LogP contribution in [0, 0.1) is 0 Å². The topological polar surface area (TPSA) is 39.2 Å². The van der Waals surface area contributed by atoms with E-state index in [1.54, 1.807) is 7.11 Å². The van der Waals surface area contributed by atoms with E-state index >= 15 is 0 Å². The summed E-state index contributed by atoms with van der Waals surface area (Å²) < 4.78 is 5.21. The van der Waals surface area contributed by atoms with Crippen LogP contribution >= 0.6 is 11.3 Å². The Morgan fingerprint density at radius 2 is 2.33 bits per heavy atom. The van der Waals surface area contributed by atoms with E-state index in [9.17, 15) is 4.79 Å². The second kappa shape index (κ2) is 3.33. The summed E-state index contributed by atoms with van der Waals surface area (Å²) in [6.45, 7) is 3.83. The highest BCUT2D eigenvalue weighted by Gasteiger charge is 2.22. The van der Waals surface area contributed by atoms with Crippen molar-refractivity contribution >= 4 is 17.6 Å². The normalized spacial score (nSPS) is 11.6. The third-order valence-electron chi connectivity index (χ3n) is 1.75. The molecule has 0 aromatic carbocycles. The molecule has 0 atom stereocenters. The fraction of sp³-hybridized carbons (Fsp3) is 0.500. The summed E-state index contributed by atoms with van der Waals surface area (Å²) >= 11 is 1.33. The maximum absolute atomic E-state index is 10.3. The summed E-state index contributed by atoms with van der Waals surface area (Å²) in [6.07, 6.45) is 0.750. The molecule has 0 aliphatic rings. The van der Waals surface area contributed by atoms with Crippen LogP contribution in [0.2, 0.25) is 0 Å². The zero-order valence-corrected chi connectivity index (χ0v) is 8.14. The van der Waals surface area contributed by atoms with E-state index in [0.717, 1.165) is 12.0 Å². The first-order chi connectivity index (χ1) is 5.60. The van der Waals surface area contributed by atoms with Crippen LogP contribution in [0.5, 0.6) is 0 Å². The number of aldehydes is 1. The summed E-state index contributed by atoms with van der Waals surface area (Å²) in [5, 5.41) is 2.34. The van der Waals surface area contributed by atoms with Crippen molar-refractivity contribution in [3.05, 3.63) is 16.1 Å². The van der Waals surface area contributed by atoms with Crippen molar-refractivity contribution in [1.82, 2.24) is 4.98 Å². The molecule has 0 radical (unpaired) electrons. The maximum Gasteiger partial charge on any atom is 0.178 e. The Kier molecular flexibility index (Phi) is 2.59. The standard InChI is InChI=1S/C8H11NO2S/c1-8(2,11-3)6-5-12-7(4-10)9-6/h4-5H,1-3H3. The fourth-order valence-corrected chi connectivity index (χ4v) is 1.50. The number of ether oxygens (including phenoxy) is 1. The van der Waals surface area contributed by atoms with Crippen molar-refractivity contribution in [2.45, 2.75) is 19.4 Å². The molecule has 0 N–H and O–H groups in total. The Morgan fingerprint density at radius 3 is 2.75 bits per heavy atom. The highest BCUT2D eigenvalue weighted by Crippen LogP contribution is 2.24. The highest BCUT2D eigenvalue weighted by atomic mass is 32.1. The molecule has 4 heteroatoms. The van der Waals surface area contributed by atoms with E-state index in [-0.39, 0.29) is 0 Å². The number of aromatic nitrogens is 1. The Hall–Kier alpha value is -0.740. The van der Waals surface area contributed by atoms with Gasteiger partial charge in [0, 0.05) is 12.5 Å². The summed E-state index contributed by atoms with van der Waals surface area (Å²) in [6, 6.07) is 0. The van der Waals surface area contributed by atoms with Crippen LogP contribution < -0.4 is 0 Å². The van der Waals surface area contributed by atoms with Crippen molar-refractivity contribution < 1.29 is 9.53 Å². The van der Waals surface area contributed by atoms with Gasteiger partial charge in [-0.3, -0.25) is 4.79 Å². The van der Waals surface area contributed by atoms with Gasteiger partial charge in [-0.15, -0.1) is 11.3 Å². The third-order valence-corrected chi connectivity index (χ3v) is 2.52. The average Bonchev–Trinajstić information content (AvgIpc) is 2.52. The minimum atomic E-state index is -0.405. The molecule has 0 aliphatic heterocycles. The molecule has 1 aromatic rings. The second-order valence-electron chi connectivity index (χ2n) is 2.90. The lowest BCUT2D eigenvalue weighted by Gasteiger charge is -2.19. The van der Waals surface area contributed by atoms with Crippen LogP contribution in [0.15, 0.2) is 5.38 Å². The molecule has 0 fully saturated rings. The molecule has 1 heterocycles. The minimum Gasteiger partial charge on any atom is -0.372 e. The van der Waals surface area contributed by atoms with E-state index < -0.39 is 5.60 Å². The number of thiazole rings is 1. The van der Waals surface area contributed by atoms with Gasteiger partial charge in [0.25, 0.3) is 0 Å². The Labute approximate surface area is 75.4 Å². The van der Waals surface area contributed by atoms with Crippen LogP contribution in [-0.4, -0.2) is 18.4 Å². The molecule has 0 spiro atoms. The Morgan fingerprint density at radius 1 is 1.67 bits per heavy atom. The van der Waals surface area contributed by atoms with Crippen molar-refractivity contribution in [3.8, 4) is 0 Å². The van der Waals surface area contributed by atoms with Gasteiger partial charge in [0.1, 0.15) is 5.60 Å². The molecule has 0 bridgehead atoms. The monoisotopic (exact) mass is 185 g/mol. The quantitative estimate of drug-likeness (QED) is 0.674. The molecule has 0 aliphatic carbocycles. The van der Waals surface area contributed by atoms with Gasteiger partial charge < -0.3 is 4.74 Å². The van der Waals surface area contributed by atoms with Gasteiger partial charge in [0.2, 0.25) is 0 Å². The zero-order valence-electron chi connectivity index (χ0n) is 7.33. The second-order valence-corrected chi connectivity index (χ2v) is 3.79. The summed E-state index contributed by atoms with van der Waals surface area (Å²) in [5.74, 6) is 0. The number of carbonyl (C=O) groups is 1. The number of rotatable bonds is 3. The van der Waals surface area contributed by atoms with Crippen molar-refractivity contribution in [2.75, 3.05) is 7.11 Å². The van der Waals surface area contributed by atoms with E-state index in [0.29, 0.717) is 5.01 Å². The van der Waals surface area contributed by atoms with Crippen LogP contribution in [0.1, 0.15) is 29.3 Å². The van der Waals surface area contributed by atoms with E-state index in [2.05, 4.69) is 4.98 Å². The first-order valence-corrected chi connectivity index (χ1v) is 4.44. The van der Waals surface area contributed by atoms with Crippen molar-refractivity contribution in [3.63, 3.8) is 0 Å². The van der Waals surface area contributed by atoms with Crippen LogP contribution in [0.25, 0.3) is 0 Å². The number of hydrogen-bond acceptors (Lipinski definition) is 4. The average molecular weight is 185 g/mol. The van der Waals surface area contributed by atoms with Crippen LogP contribution in [0.4, 0.5) is 0 Å². The van der Waals surface area contributed by atoms with E-state index in [4.69, 9.17) is 4.74 Å². The summed E-state index contributed by atoms with van der Waals surface area (Å²) in [4.78, 5) is 14.4. The van der Waals surface area contributed by atoms with E-state index in [1.165, 1.54) is 11.3 Å². The number of hydrogen-bond donors (Lipinski definition) is 0. The molecular formula is C8H11NO2S. The smallest absolute Gasteiger partial charge is 0.178 e. The van der Waals surface area contributed by atoms with Crippen molar-refractivity contribution in [2.24, 2.45) is 0 Å². The molecule has 12 heavy (non-hydrogen) atoms. The molecule has 1 aromatic heterocycles. The lowest BCUT2D eigenvalue weighted by atomic mass is 10.1. The fourth-order valence-electron chi connectivity index (χ4n) is 0.723. The molecule has 0 saturated heterocycles. The first kappa shape index (κ1) is 9.35. The minimum absolute atomic E-state index is 0.405. The summed E-state index contributed by atoms with van der Waals surface area (Å²) in [5.41, 5.74) is 0.398. The van der Waals surface area contributed by atoms with Gasteiger partial charge in [-0.25, -0.2) is 4.98 Å². The molecular weight excluding hydrogens is 174 g/mol. The lowest BCUT2D eigenvalue weighted by molar-refractivity contribution is 0.0159.